The van der Waals surface area contributed by atoms with Crippen molar-refractivity contribution >= 4 is 22.6 Å². The molecule has 124 valence electrons. The molecule has 3 aromatic rings. The third-order valence-corrected chi connectivity index (χ3v) is 4.35. The summed E-state index contributed by atoms with van der Waals surface area (Å²) in [5, 5.41) is 15.2. The van der Waals surface area contributed by atoms with Crippen molar-refractivity contribution in [1.82, 2.24) is 4.98 Å². The maximum absolute atomic E-state index is 9.42. The molecule has 0 spiro atoms. The predicted molar refractivity (Wildman–Crippen MR) is 102 cm³/mol. The van der Waals surface area contributed by atoms with Crippen molar-refractivity contribution < 1.29 is 4.74 Å². The van der Waals surface area contributed by atoms with Crippen molar-refractivity contribution in [1.29, 1.82) is 5.26 Å². The number of rotatable bonds is 6. The molecule has 0 atom stereocenters. The fourth-order valence-corrected chi connectivity index (χ4v) is 3.04. The number of para-hydroxylation sites is 1. The number of nitrogens with zero attached hydrogens (tertiary/aromatic N) is 2. The molecule has 1 heterocycles. The molecule has 0 saturated carbocycles. The lowest BCUT2D eigenvalue weighted by atomic mass is 10.2. The Bertz CT molecular complexity index is 893. The Hall–Kier alpha value is -3.10. The molecule has 0 unspecified atom stereocenters. The van der Waals surface area contributed by atoms with Crippen LogP contribution in [0.3, 0.4) is 0 Å². The highest BCUT2D eigenvalue weighted by Crippen LogP contribution is 2.27. The summed E-state index contributed by atoms with van der Waals surface area (Å²) in [6.07, 6.45) is 1.69. The number of nitrogens with one attached hydrogen (secondary N) is 1. The molecule has 3 rings (SSSR count). The number of hydrogen-bond acceptors (Lipinski definition) is 5. The van der Waals surface area contributed by atoms with E-state index in [1.54, 1.807) is 6.20 Å². The summed E-state index contributed by atoms with van der Waals surface area (Å²) in [4.78, 5) is 4.59. The summed E-state index contributed by atoms with van der Waals surface area (Å²) >= 11 is 1.45. The summed E-state index contributed by atoms with van der Waals surface area (Å²) in [6.45, 7) is 2.60. The summed E-state index contributed by atoms with van der Waals surface area (Å²) in [5.74, 6) is 0.839. The highest BCUT2D eigenvalue weighted by atomic mass is 32.1. The van der Waals surface area contributed by atoms with Crippen molar-refractivity contribution in [3.8, 4) is 23.1 Å². The van der Waals surface area contributed by atoms with Gasteiger partial charge in [0, 0.05) is 22.8 Å². The van der Waals surface area contributed by atoms with E-state index in [0.29, 0.717) is 17.2 Å². The molecule has 5 heteroatoms. The van der Waals surface area contributed by atoms with Crippen LogP contribution < -0.4 is 10.1 Å². The van der Waals surface area contributed by atoms with E-state index < -0.39 is 0 Å². The van der Waals surface area contributed by atoms with Gasteiger partial charge in [-0.1, -0.05) is 18.2 Å². The average Bonchev–Trinajstić information content (AvgIpc) is 3.14. The van der Waals surface area contributed by atoms with Gasteiger partial charge in [-0.05, 0) is 43.3 Å². The first-order valence-corrected chi connectivity index (χ1v) is 8.79. The molecule has 4 nitrogen and oxygen atoms in total. The number of ether oxygens (including phenoxy) is 1. The second kappa shape index (κ2) is 8.13. The third-order valence-electron chi connectivity index (χ3n) is 3.47. The van der Waals surface area contributed by atoms with E-state index in [4.69, 9.17) is 4.74 Å². The zero-order valence-corrected chi connectivity index (χ0v) is 14.6. The second-order valence-corrected chi connectivity index (χ2v) is 6.03. The SMILES string of the molecule is CCOc1ccc(-c2csc(C(C#N)=CNc3ccccc3)n2)cc1. The van der Waals surface area contributed by atoms with Crippen molar-refractivity contribution in [2.75, 3.05) is 11.9 Å². The summed E-state index contributed by atoms with van der Waals surface area (Å²) in [5.41, 5.74) is 3.28. The quantitative estimate of drug-likeness (QED) is 0.624. The molecule has 2 aromatic carbocycles. The Morgan fingerprint density at radius 1 is 1.20 bits per heavy atom. The Morgan fingerprint density at radius 3 is 2.64 bits per heavy atom. The molecule has 0 bridgehead atoms. The Labute approximate surface area is 151 Å². The van der Waals surface area contributed by atoms with Crippen LogP contribution in [0.1, 0.15) is 11.9 Å². The van der Waals surface area contributed by atoms with Crippen LogP contribution in [-0.4, -0.2) is 11.6 Å². The van der Waals surface area contributed by atoms with Crippen LogP contribution in [-0.2, 0) is 0 Å². The van der Waals surface area contributed by atoms with Gasteiger partial charge >= 0.3 is 0 Å². The largest absolute Gasteiger partial charge is 0.494 e. The highest BCUT2D eigenvalue weighted by Gasteiger charge is 2.09. The van der Waals surface area contributed by atoms with Gasteiger partial charge in [0.05, 0.1) is 12.3 Å². The van der Waals surface area contributed by atoms with Gasteiger partial charge in [-0.3, -0.25) is 0 Å². The van der Waals surface area contributed by atoms with E-state index in [9.17, 15) is 5.26 Å². The van der Waals surface area contributed by atoms with E-state index in [-0.39, 0.29) is 0 Å². The van der Waals surface area contributed by atoms with Crippen molar-refractivity contribution in [2.45, 2.75) is 6.92 Å². The van der Waals surface area contributed by atoms with Crippen molar-refractivity contribution in [3.63, 3.8) is 0 Å². The number of anilines is 1. The van der Waals surface area contributed by atoms with E-state index in [0.717, 1.165) is 22.7 Å². The number of hydrogen-bond donors (Lipinski definition) is 1. The van der Waals surface area contributed by atoms with Crippen LogP contribution in [0.4, 0.5) is 5.69 Å². The van der Waals surface area contributed by atoms with Crippen LogP contribution in [0.5, 0.6) is 5.75 Å². The normalized spacial score (nSPS) is 11.0. The minimum Gasteiger partial charge on any atom is -0.494 e. The first-order valence-electron chi connectivity index (χ1n) is 7.91. The Balaban J connectivity index is 1.78. The summed E-state index contributed by atoms with van der Waals surface area (Å²) < 4.78 is 5.45. The number of nitriles is 1. The minimum absolute atomic E-state index is 0.506. The standard InChI is InChI=1S/C20H17N3OS/c1-2-24-18-10-8-15(9-11-18)19-14-25-20(23-19)16(12-21)13-22-17-6-4-3-5-7-17/h3-11,13-14,22H,2H2,1H3. The zero-order valence-electron chi connectivity index (χ0n) is 13.8. The maximum Gasteiger partial charge on any atom is 0.136 e. The van der Waals surface area contributed by atoms with Gasteiger partial charge < -0.3 is 10.1 Å². The Kier molecular flexibility index (Phi) is 5.45. The number of aromatic nitrogens is 1. The molecule has 0 radical (unpaired) electrons. The summed E-state index contributed by atoms with van der Waals surface area (Å²) in [6, 6.07) is 19.7. The van der Waals surface area contributed by atoms with Crippen LogP contribution in [0.2, 0.25) is 0 Å². The first-order chi connectivity index (χ1) is 12.3. The van der Waals surface area contributed by atoms with E-state index >= 15 is 0 Å². The molecule has 0 amide bonds. The third kappa shape index (κ3) is 4.25. The molecule has 0 aliphatic heterocycles. The minimum atomic E-state index is 0.506. The van der Waals surface area contributed by atoms with Crippen LogP contribution in [0, 0.1) is 11.3 Å². The predicted octanol–water partition coefficient (Wildman–Crippen LogP) is 5.19. The fourth-order valence-electron chi connectivity index (χ4n) is 2.25. The molecule has 25 heavy (non-hydrogen) atoms. The highest BCUT2D eigenvalue weighted by molar-refractivity contribution is 7.11. The Morgan fingerprint density at radius 2 is 1.96 bits per heavy atom. The van der Waals surface area contributed by atoms with Crippen LogP contribution in [0.15, 0.2) is 66.2 Å². The van der Waals surface area contributed by atoms with Gasteiger partial charge in [0.2, 0.25) is 0 Å². The fraction of sp³-hybridized carbons (Fsp3) is 0.100. The lowest BCUT2D eigenvalue weighted by Gasteiger charge is -2.03. The monoisotopic (exact) mass is 347 g/mol. The van der Waals surface area contributed by atoms with E-state index in [2.05, 4.69) is 16.4 Å². The smallest absolute Gasteiger partial charge is 0.136 e. The molecule has 1 aromatic heterocycles. The zero-order chi connectivity index (χ0) is 17.5. The van der Waals surface area contributed by atoms with Gasteiger partial charge in [0.25, 0.3) is 0 Å². The summed E-state index contributed by atoms with van der Waals surface area (Å²) in [7, 11) is 0. The lowest BCUT2D eigenvalue weighted by molar-refractivity contribution is 0.340. The van der Waals surface area contributed by atoms with Crippen molar-refractivity contribution in [2.24, 2.45) is 0 Å². The number of allylic oxidation sites excluding steroid dienone is 1. The lowest BCUT2D eigenvalue weighted by Crippen LogP contribution is -1.91. The van der Waals surface area contributed by atoms with Gasteiger partial charge in [0.15, 0.2) is 0 Å². The van der Waals surface area contributed by atoms with Crippen LogP contribution in [0.25, 0.3) is 16.8 Å². The number of benzene rings is 2. The maximum atomic E-state index is 9.42. The van der Waals surface area contributed by atoms with Gasteiger partial charge in [-0.15, -0.1) is 11.3 Å². The molecule has 0 saturated heterocycles. The molecule has 0 aliphatic carbocycles. The van der Waals surface area contributed by atoms with Crippen LogP contribution >= 0.6 is 11.3 Å². The molecular formula is C20H17N3OS. The van der Waals surface area contributed by atoms with E-state index in [1.807, 2.05) is 66.9 Å². The topological polar surface area (TPSA) is 57.9 Å². The van der Waals surface area contributed by atoms with Gasteiger partial charge in [0.1, 0.15) is 22.4 Å². The van der Waals surface area contributed by atoms with E-state index in [1.165, 1.54) is 11.3 Å². The number of thiazole rings is 1. The average molecular weight is 347 g/mol. The molecular weight excluding hydrogens is 330 g/mol. The van der Waals surface area contributed by atoms with Gasteiger partial charge in [-0.2, -0.15) is 5.26 Å². The molecule has 1 N–H and O–H groups in total. The molecule has 0 aliphatic rings. The second-order valence-electron chi connectivity index (χ2n) is 5.18. The first kappa shape index (κ1) is 16.7. The van der Waals surface area contributed by atoms with Gasteiger partial charge in [-0.25, -0.2) is 4.98 Å². The van der Waals surface area contributed by atoms with Crippen molar-refractivity contribution in [3.05, 3.63) is 71.2 Å². The molecule has 0 fully saturated rings.